The molecule has 0 fully saturated rings. The van der Waals surface area contributed by atoms with Crippen LogP contribution in [0.3, 0.4) is 0 Å². The van der Waals surface area contributed by atoms with E-state index in [2.05, 4.69) is 6.58 Å². The molecular formula is C36H50F6N2O8. The summed E-state index contributed by atoms with van der Waals surface area (Å²) in [6.07, 6.45) is -7.71. The minimum atomic E-state index is -4.81. The fourth-order valence-electron chi connectivity index (χ4n) is 5.23. The third-order valence-corrected chi connectivity index (χ3v) is 7.37. The first-order valence-electron chi connectivity index (χ1n) is 16.6. The first-order valence-corrected chi connectivity index (χ1v) is 16.6. The summed E-state index contributed by atoms with van der Waals surface area (Å²) in [5.74, 6) is -1.35. The van der Waals surface area contributed by atoms with E-state index in [1.165, 1.54) is 6.08 Å². The molecule has 0 bridgehead atoms. The highest BCUT2D eigenvalue weighted by molar-refractivity contribution is 5.74. The predicted octanol–water partition coefficient (Wildman–Crippen LogP) is 6.44. The second kappa shape index (κ2) is 18.7. The van der Waals surface area contributed by atoms with Gasteiger partial charge in [0, 0.05) is 30.9 Å². The highest BCUT2D eigenvalue weighted by Gasteiger charge is 2.38. The number of pyridine rings is 2. The van der Waals surface area contributed by atoms with Crippen LogP contribution in [0, 0.1) is 10.8 Å². The molecule has 2 rings (SSSR count). The minimum absolute atomic E-state index is 0.0605. The number of alkyl halides is 6. The Labute approximate surface area is 299 Å². The van der Waals surface area contributed by atoms with Gasteiger partial charge in [0.05, 0.1) is 37.1 Å². The molecule has 0 aromatic carbocycles. The number of aliphatic hydroxyl groups excluding tert-OH is 2. The van der Waals surface area contributed by atoms with Gasteiger partial charge in [-0.3, -0.25) is 9.59 Å². The Hall–Kier alpha value is -3.92. The zero-order valence-corrected chi connectivity index (χ0v) is 30.8. The molecule has 2 aromatic heterocycles. The number of halogens is 6. The summed E-state index contributed by atoms with van der Waals surface area (Å²) in [5, 5.41) is 18.5. The zero-order valence-electron chi connectivity index (χ0n) is 30.8. The molecule has 0 aliphatic rings. The Bertz CT molecular complexity index is 1630. The number of carbonyl (C=O) groups is 2. The van der Waals surface area contributed by atoms with Crippen molar-refractivity contribution < 1.29 is 55.6 Å². The number of nitrogens with zero attached hydrogens (tertiary/aromatic N) is 2. The van der Waals surface area contributed by atoms with Crippen molar-refractivity contribution in [1.82, 2.24) is 9.13 Å². The summed E-state index contributed by atoms with van der Waals surface area (Å²) in [7, 11) is 0. The van der Waals surface area contributed by atoms with Gasteiger partial charge in [0.1, 0.15) is 12.1 Å². The molecule has 0 saturated heterocycles. The van der Waals surface area contributed by atoms with Crippen molar-refractivity contribution in [1.29, 1.82) is 0 Å². The van der Waals surface area contributed by atoms with Crippen molar-refractivity contribution in [2.45, 2.75) is 112 Å². The van der Waals surface area contributed by atoms with Gasteiger partial charge in [-0.1, -0.05) is 47.6 Å². The third kappa shape index (κ3) is 14.2. The van der Waals surface area contributed by atoms with Gasteiger partial charge in [-0.05, 0) is 55.1 Å². The fraction of sp³-hybridized carbons (Fsp3) is 0.611. The minimum Gasteiger partial charge on any atom is -0.464 e. The molecule has 0 spiro atoms. The second-order valence-electron chi connectivity index (χ2n) is 14.5. The topological polar surface area (TPSA) is 137 Å². The maximum absolute atomic E-state index is 13.3. The molecule has 0 radical (unpaired) electrons. The monoisotopic (exact) mass is 752 g/mol. The summed E-state index contributed by atoms with van der Waals surface area (Å²) in [6.45, 7) is 17.2. The second-order valence-corrected chi connectivity index (χ2v) is 14.5. The first kappa shape index (κ1) is 46.1. The quantitative estimate of drug-likeness (QED) is 0.136. The molecule has 10 nitrogen and oxygen atoms in total. The molecule has 2 N–H and O–H groups in total. The number of rotatable bonds is 13. The number of esters is 2. The van der Waals surface area contributed by atoms with Crippen molar-refractivity contribution in [2.24, 2.45) is 10.8 Å². The normalized spacial score (nSPS) is 14.1. The van der Waals surface area contributed by atoms with Crippen LogP contribution in [-0.4, -0.2) is 57.2 Å². The predicted molar refractivity (Wildman–Crippen MR) is 182 cm³/mol. The fourth-order valence-corrected chi connectivity index (χ4v) is 5.23. The molecule has 294 valence electrons. The van der Waals surface area contributed by atoms with Crippen molar-refractivity contribution in [2.75, 3.05) is 19.8 Å². The van der Waals surface area contributed by atoms with Crippen LogP contribution in [-0.2, 0) is 44.3 Å². The molecule has 3 atom stereocenters. The third-order valence-electron chi connectivity index (χ3n) is 7.37. The Morgan fingerprint density at radius 1 is 0.769 bits per heavy atom. The summed E-state index contributed by atoms with van der Waals surface area (Å²) >= 11 is 0. The Kier molecular flexibility index (Phi) is 16.6. The number of carbonyl (C=O) groups excluding carboxylic acids is 2. The Morgan fingerprint density at radius 2 is 1.13 bits per heavy atom. The lowest BCUT2D eigenvalue weighted by Crippen LogP contribution is -2.35. The lowest BCUT2D eigenvalue weighted by atomic mass is 9.87. The average Bonchev–Trinajstić information content (AvgIpc) is 2.99. The van der Waals surface area contributed by atoms with E-state index in [-0.39, 0.29) is 49.0 Å². The Morgan fingerprint density at radius 3 is 1.44 bits per heavy atom. The summed E-state index contributed by atoms with van der Waals surface area (Å²) in [5.41, 5.74) is -5.32. The van der Waals surface area contributed by atoms with Gasteiger partial charge in [0.2, 0.25) is 0 Å². The molecule has 16 heteroatoms. The van der Waals surface area contributed by atoms with E-state index in [1.807, 2.05) is 41.5 Å². The van der Waals surface area contributed by atoms with E-state index in [1.54, 1.807) is 13.8 Å². The standard InChI is InChI=1S/C18H26F3NO5.C18H24F3NO3/c1-5-27-16(26)14(8-17(2,3)4)22-9-11(6-12(24)10-23)13(7-15(22)25)18(19,20)21;1-6-8-12-11-22(15(23)9-13(12)18(19,20)21)14(10-17(3,4)5)16(24)25-7-2/h7,9,12,14,23-24H,5-6,8,10H2,1-4H3;6,9,11,14H,1,7-8,10H2,2-5H3. The van der Waals surface area contributed by atoms with Crippen LogP contribution in [0.1, 0.15) is 103 Å². The van der Waals surface area contributed by atoms with E-state index in [9.17, 15) is 50.6 Å². The lowest BCUT2D eigenvalue weighted by molar-refractivity contribution is -0.149. The lowest BCUT2D eigenvalue weighted by Gasteiger charge is -2.27. The highest BCUT2D eigenvalue weighted by atomic mass is 19.4. The van der Waals surface area contributed by atoms with E-state index < -0.39 is 83.2 Å². The van der Waals surface area contributed by atoms with Crippen LogP contribution in [0.5, 0.6) is 0 Å². The number of hydrogen-bond acceptors (Lipinski definition) is 8. The van der Waals surface area contributed by atoms with Crippen LogP contribution in [0.2, 0.25) is 0 Å². The average molecular weight is 753 g/mol. The maximum atomic E-state index is 13.3. The number of hydrogen-bond donors (Lipinski definition) is 2. The summed E-state index contributed by atoms with van der Waals surface area (Å²) < 4.78 is 91.3. The Balaban J connectivity index is 0.000000522. The van der Waals surface area contributed by atoms with E-state index >= 15 is 0 Å². The van der Waals surface area contributed by atoms with Crippen molar-refractivity contribution >= 4 is 11.9 Å². The molecule has 52 heavy (non-hydrogen) atoms. The molecule has 3 unspecified atom stereocenters. The smallest absolute Gasteiger partial charge is 0.416 e. The molecule has 2 aromatic rings. The van der Waals surface area contributed by atoms with Gasteiger partial charge in [0.15, 0.2) is 0 Å². The van der Waals surface area contributed by atoms with Crippen LogP contribution < -0.4 is 11.1 Å². The van der Waals surface area contributed by atoms with Gasteiger partial charge in [0.25, 0.3) is 11.1 Å². The van der Waals surface area contributed by atoms with E-state index in [4.69, 9.17) is 14.6 Å². The largest absolute Gasteiger partial charge is 0.464 e. The van der Waals surface area contributed by atoms with Gasteiger partial charge in [-0.25, -0.2) is 9.59 Å². The summed E-state index contributed by atoms with van der Waals surface area (Å²) in [4.78, 5) is 49.3. The SMILES string of the molecule is C=CCc1cn(C(CC(C)(C)C)C(=O)OCC)c(=O)cc1C(F)(F)F.CCOC(=O)C(CC(C)(C)C)n1cc(CC(O)CO)c(C(F)(F)F)cc1=O. The van der Waals surface area contributed by atoms with Crippen molar-refractivity contribution in [3.8, 4) is 0 Å². The molecule has 0 aliphatic heterocycles. The highest BCUT2D eigenvalue weighted by Crippen LogP contribution is 2.35. The van der Waals surface area contributed by atoms with E-state index in [0.717, 1.165) is 21.5 Å². The van der Waals surface area contributed by atoms with E-state index in [0.29, 0.717) is 12.1 Å². The van der Waals surface area contributed by atoms with Crippen molar-refractivity contribution in [3.63, 3.8) is 0 Å². The molecule has 0 saturated carbocycles. The van der Waals surface area contributed by atoms with Gasteiger partial charge in [-0.15, -0.1) is 6.58 Å². The molecular weight excluding hydrogens is 702 g/mol. The van der Waals surface area contributed by atoms with Gasteiger partial charge < -0.3 is 28.8 Å². The van der Waals surface area contributed by atoms with Crippen LogP contribution in [0.4, 0.5) is 26.3 Å². The van der Waals surface area contributed by atoms with Gasteiger partial charge in [-0.2, -0.15) is 26.3 Å². The number of ether oxygens (including phenoxy) is 2. The van der Waals surface area contributed by atoms with Crippen LogP contribution >= 0.6 is 0 Å². The molecule has 2 heterocycles. The zero-order chi connectivity index (χ0) is 40.4. The number of allylic oxidation sites excluding steroid dienone is 1. The first-order chi connectivity index (χ1) is 23.7. The van der Waals surface area contributed by atoms with Gasteiger partial charge >= 0.3 is 24.3 Å². The maximum Gasteiger partial charge on any atom is 0.416 e. The number of aliphatic hydroxyl groups is 2. The molecule has 0 aliphatic carbocycles. The van der Waals surface area contributed by atoms with Crippen LogP contribution in [0.25, 0.3) is 0 Å². The number of aromatic nitrogens is 2. The summed E-state index contributed by atoms with van der Waals surface area (Å²) in [6, 6.07) is -1.15. The van der Waals surface area contributed by atoms with Crippen molar-refractivity contribution in [3.05, 3.63) is 80.1 Å². The van der Waals surface area contributed by atoms with Crippen LogP contribution in [0.15, 0.2) is 46.8 Å². The molecule has 0 amide bonds.